The molecule has 2 atom stereocenters. The average molecular weight is 303 g/mol. The minimum Gasteiger partial charge on any atom is -0.490 e. The number of ether oxygens (including phenoxy) is 2. The maximum absolute atomic E-state index is 12.2. The molecule has 1 heterocycles. The highest BCUT2D eigenvalue weighted by Crippen LogP contribution is 2.31. The van der Waals surface area contributed by atoms with Crippen LogP contribution in [0.4, 0.5) is 13.2 Å². The van der Waals surface area contributed by atoms with Gasteiger partial charge in [0.15, 0.2) is 0 Å². The van der Waals surface area contributed by atoms with E-state index in [4.69, 9.17) is 9.47 Å². The third kappa shape index (κ3) is 4.61. The first-order chi connectivity index (χ1) is 9.89. The molecule has 1 aliphatic rings. The second-order valence-corrected chi connectivity index (χ2v) is 5.24. The van der Waals surface area contributed by atoms with Crippen LogP contribution in [0, 0.1) is 0 Å². The van der Waals surface area contributed by atoms with Gasteiger partial charge in [-0.2, -0.15) is 13.2 Å². The molecule has 1 aliphatic heterocycles. The van der Waals surface area contributed by atoms with E-state index in [0.29, 0.717) is 6.54 Å². The van der Waals surface area contributed by atoms with Crippen LogP contribution in [-0.4, -0.2) is 32.0 Å². The van der Waals surface area contributed by atoms with Gasteiger partial charge in [-0.1, -0.05) is 19.1 Å². The summed E-state index contributed by atoms with van der Waals surface area (Å²) in [5.74, 6) is 0.859. The Kier molecular flexibility index (Phi) is 5.11. The van der Waals surface area contributed by atoms with E-state index in [0.717, 1.165) is 23.3 Å². The van der Waals surface area contributed by atoms with E-state index in [-0.39, 0.29) is 18.8 Å². The SMILES string of the molecule is CCNC(COCC(F)(F)F)c1ccc2c(c1)CC(C)O2. The molecule has 1 aromatic carbocycles. The quantitative estimate of drug-likeness (QED) is 0.875. The monoisotopic (exact) mass is 303 g/mol. The molecule has 0 radical (unpaired) electrons. The van der Waals surface area contributed by atoms with Crippen molar-refractivity contribution in [1.29, 1.82) is 0 Å². The van der Waals surface area contributed by atoms with Crippen molar-refractivity contribution in [3.8, 4) is 5.75 Å². The number of rotatable bonds is 6. The standard InChI is InChI=1S/C15H20F3NO2/c1-3-19-13(8-20-9-15(16,17)18)11-4-5-14-12(7-11)6-10(2)21-14/h4-5,7,10,13,19H,3,6,8-9H2,1-2H3. The zero-order chi connectivity index (χ0) is 15.5. The molecule has 0 aliphatic carbocycles. The molecule has 0 saturated carbocycles. The number of benzene rings is 1. The van der Waals surface area contributed by atoms with Crippen LogP contribution in [0.3, 0.4) is 0 Å². The van der Waals surface area contributed by atoms with Crippen LogP contribution in [0.15, 0.2) is 18.2 Å². The molecule has 0 bridgehead atoms. The highest BCUT2D eigenvalue weighted by atomic mass is 19.4. The number of nitrogens with one attached hydrogen (secondary N) is 1. The normalized spacial score (nSPS) is 19.2. The Labute approximate surface area is 122 Å². The van der Waals surface area contributed by atoms with E-state index in [1.165, 1.54) is 0 Å². The fourth-order valence-electron chi connectivity index (χ4n) is 2.47. The summed E-state index contributed by atoms with van der Waals surface area (Å²) < 4.78 is 46.9. The van der Waals surface area contributed by atoms with Crippen molar-refractivity contribution in [1.82, 2.24) is 5.32 Å². The first kappa shape index (κ1) is 16.1. The Morgan fingerprint density at radius 1 is 1.43 bits per heavy atom. The summed E-state index contributed by atoms with van der Waals surface area (Å²) in [5.41, 5.74) is 2.02. The van der Waals surface area contributed by atoms with Crippen LogP contribution in [0.25, 0.3) is 0 Å². The van der Waals surface area contributed by atoms with Gasteiger partial charge >= 0.3 is 6.18 Å². The first-order valence-corrected chi connectivity index (χ1v) is 7.06. The van der Waals surface area contributed by atoms with Gasteiger partial charge < -0.3 is 14.8 Å². The molecule has 2 rings (SSSR count). The fourth-order valence-corrected chi connectivity index (χ4v) is 2.47. The van der Waals surface area contributed by atoms with Crippen molar-refractivity contribution < 1.29 is 22.6 Å². The predicted molar refractivity (Wildman–Crippen MR) is 73.5 cm³/mol. The number of fused-ring (bicyclic) bond motifs is 1. The van der Waals surface area contributed by atoms with E-state index in [2.05, 4.69) is 5.32 Å². The molecule has 1 aromatic rings. The molecule has 118 valence electrons. The van der Waals surface area contributed by atoms with Crippen molar-refractivity contribution in [2.24, 2.45) is 0 Å². The molecule has 21 heavy (non-hydrogen) atoms. The van der Waals surface area contributed by atoms with Gasteiger partial charge in [-0.05, 0) is 30.7 Å². The third-order valence-electron chi connectivity index (χ3n) is 3.32. The molecule has 2 unspecified atom stereocenters. The van der Waals surface area contributed by atoms with Crippen LogP contribution in [0.5, 0.6) is 5.75 Å². The van der Waals surface area contributed by atoms with Crippen LogP contribution >= 0.6 is 0 Å². The van der Waals surface area contributed by atoms with Crippen molar-refractivity contribution >= 4 is 0 Å². The van der Waals surface area contributed by atoms with E-state index in [1.54, 1.807) is 0 Å². The van der Waals surface area contributed by atoms with E-state index in [9.17, 15) is 13.2 Å². The lowest BCUT2D eigenvalue weighted by Crippen LogP contribution is -2.28. The van der Waals surface area contributed by atoms with Crippen molar-refractivity contribution in [3.05, 3.63) is 29.3 Å². The number of hydrogen-bond donors (Lipinski definition) is 1. The predicted octanol–water partition coefficient (Wildman–Crippen LogP) is 3.24. The van der Waals surface area contributed by atoms with Gasteiger partial charge in [0.25, 0.3) is 0 Å². The van der Waals surface area contributed by atoms with Gasteiger partial charge in [0.05, 0.1) is 12.6 Å². The van der Waals surface area contributed by atoms with Crippen LogP contribution in [0.1, 0.15) is 31.0 Å². The van der Waals surface area contributed by atoms with Gasteiger partial charge in [0, 0.05) is 6.42 Å². The summed E-state index contributed by atoms with van der Waals surface area (Å²) in [5, 5.41) is 3.15. The summed E-state index contributed by atoms with van der Waals surface area (Å²) in [7, 11) is 0. The number of halogens is 3. The smallest absolute Gasteiger partial charge is 0.411 e. The molecule has 6 heteroatoms. The maximum Gasteiger partial charge on any atom is 0.411 e. The van der Waals surface area contributed by atoms with Gasteiger partial charge in [-0.25, -0.2) is 0 Å². The molecule has 0 aromatic heterocycles. The number of likely N-dealkylation sites (N-methyl/N-ethyl adjacent to an activating group) is 1. The lowest BCUT2D eigenvalue weighted by molar-refractivity contribution is -0.175. The number of hydrogen-bond acceptors (Lipinski definition) is 3. The van der Waals surface area contributed by atoms with Gasteiger partial charge in [0.1, 0.15) is 18.5 Å². The van der Waals surface area contributed by atoms with E-state index < -0.39 is 12.8 Å². The number of alkyl halides is 3. The molecule has 0 fully saturated rings. The Hall–Kier alpha value is -1.27. The highest BCUT2D eigenvalue weighted by Gasteiger charge is 2.28. The molecule has 0 spiro atoms. The van der Waals surface area contributed by atoms with Crippen LogP contribution in [0.2, 0.25) is 0 Å². The Balaban J connectivity index is 2.03. The minimum absolute atomic E-state index is 0.0114. The van der Waals surface area contributed by atoms with Crippen molar-refractivity contribution in [2.75, 3.05) is 19.8 Å². The Bertz CT molecular complexity index is 476. The molecule has 0 amide bonds. The maximum atomic E-state index is 12.2. The Morgan fingerprint density at radius 3 is 2.86 bits per heavy atom. The summed E-state index contributed by atoms with van der Waals surface area (Å²) >= 11 is 0. The molecule has 0 saturated heterocycles. The first-order valence-electron chi connectivity index (χ1n) is 7.06. The van der Waals surface area contributed by atoms with Crippen molar-refractivity contribution in [2.45, 2.75) is 38.6 Å². The molecular formula is C15H20F3NO2. The molecule has 1 N–H and O–H groups in total. The molecule has 3 nitrogen and oxygen atoms in total. The third-order valence-corrected chi connectivity index (χ3v) is 3.32. The van der Waals surface area contributed by atoms with Crippen LogP contribution in [-0.2, 0) is 11.2 Å². The highest BCUT2D eigenvalue weighted by molar-refractivity contribution is 5.41. The topological polar surface area (TPSA) is 30.5 Å². The van der Waals surface area contributed by atoms with Gasteiger partial charge in [-0.3, -0.25) is 0 Å². The zero-order valence-corrected chi connectivity index (χ0v) is 12.2. The Morgan fingerprint density at radius 2 is 2.19 bits per heavy atom. The second-order valence-electron chi connectivity index (χ2n) is 5.24. The summed E-state index contributed by atoms with van der Waals surface area (Å²) in [6.45, 7) is 3.33. The minimum atomic E-state index is -4.29. The zero-order valence-electron chi connectivity index (χ0n) is 12.2. The second kappa shape index (κ2) is 6.66. The van der Waals surface area contributed by atoms with Crippen LogP contribution < -0.4 is 10.1 Å². The largest absolute Gasteiger partial charge is 0.490 e. The average Bonchev–Trinajstić information content (AvgIpc) is 2.75. The lowest BCUT2D eigenvalue weighted by atomic mass is 10.0. The van der Waals surface area contributed by atoms with E-state index >= 15 is 0 Å². The molecular weight excluding hydrogens is 283 g/mol. The van der Waals surface area contributed by atoms with Crippen molar-refractivity contribution in [3.63, 3.8) is 0 Å². The van der Waals surface area contributed by atoms with E-state index in [1.807, 2.05) is 32.0 Å². The van der Waals surface area contributed by atoms with Gasteiger partial charge in [0.2, 0.25) is 0 Å². The fraction of sp³-hybridized carbons (Fsp3) is 0.600. The summed E-state index contributed by atoms with van der Waals surface area (Å²) in [6, 6.07) is 5.49. The summed E-state index contributed by atoms with van der Waals surface area (Å²) in [4.78, 5) is 0. The van der Waals surface area contributed by atoms with Gasteiger partial charge in [-0.15, -0.1) is 0 Å². The lowest BCUT2D eigenvalue weighted by Gasteiger charge is -2.19. The summed E-state index contributed by atoms with van der Waals surface area (Å²) in [6.07, 6.45) is -3.32.